The maximum absolute atomic E-state index is 6.92. The normalized spacial score (nSPS) is 28.8. The van der Waals surface area contributed by atoms with Crippen LogP contribution in [-0.2, 0) is 16.2 Å². The number of fused-ring (bicyclic) bond motifs is 9. The van der Waals surface area contributed by atoms with E-state index in [1.807, 2.05) is 0 Å². The molecule has 6 aromatic carbocycles. The lowest BCUT2D eigenvalue weighted by atomic mass is 9.37. The third kappa shape index (κ3) is 4.65. The summed E-state index contributed by atoms with van der Waals surface area (Å²) in [6, 6.07) is 52.8. The van der Waals surface area contributed by atoms with Crippen LogP contribution in [0.1, 0.15) is 94.9 Å². The highest BCUT2D eigenvalue weighted by Gasteiger charge is 2.79. The molecule has 3 bridgehead atoms. The van der Waals surface area contributed by atoms with E-state index in [4.69, 9.17) is 4.74 Å². The summed E-state index contributed by atoms with van der Waals surface area (Å²) >= 11 is 0. The maximum atomic E-state index is 6.92. The van der Waals surface area contributed by atoms with Crippen LogP contribution >= 0.6 is 0 Å². The molecule has 12 rings (SSSR count). The predicted octanol–water partition coefficient (Wildman–Crippen LogP) is 14.7. The van der Waals surface area contributed by atoms with Gasteiger partial charge in [-0.25, -0.2) is 0 Å². The van der Waals surface area contributed by atoms with Crippen molar-refractivity contribution in [2.75, 3.05) is 4.90 Å². The number of hydrogen-bond acceptors (Lipinski definition) is 2. The van der Waals surface area contributed by atoms with Crippen LogP contribution in [0.2, 0.25) is 0 Å². The Labute approximate surface area is 338 Å². The van der Waals surface area contributed by atoms with Crippen molar-refractivity contribution in [2.45, 2.75) is 88.9 Å². The van der Waals surface area contributed by atoms with Gasteiger partial charge in [0, 0.05) is 33.5 Å². The van der Waals surface area contributed by atoms with Crippen molar-refractivity contribution in [3.8, 4) is 33.8 Å². The predicted molar refractivity (Wildman–Crippen MR) is 234 cm³/mol. The highest BCUT2D eigenvalue weighted by atomic mass is 16.5. The Morgan fingerprint density at radius 3 is 1.88 bits per heavy atom. The van der Waals surface area contributed by atoms with Gasteiger partial charge in [0.15, 0.2) is 0 Å². The van der Waals surface area contributed by atoms with Crippen molar-refractivity contribution in [1.29, 1.82) is 0 Å². The van der Waals surface area contributed by atoms with Gasteiger partial charge in [-0.2, -0.15) is 0 Å². The Morgan fingerprint density at radius 2 is 1.11 bits per heavy atom. The minimum Gasteiger partial charge on any atom is -0.457 e. The van der Waals surface area contributed by atoms with Crippen LogP contribution in [-0.4, -0.2) is 0 Å². The molecule has 0 aromatic heterocycles. The van der Waals surface area contributed by atoms with Crippen LogP contribution in [0.3, 0.4) is 0 Å². The van der Waals surface area contributed by atoms with Crippen LogP contribution in [0.15, 0.2) is 140 Å². The Balaban J connectivity index is 1.05. The highest BCUT2D eigenvalue weighted by molar-refractivity contribution is 5.89. The van der Waals surface area contributed by atoms with Crippen LogP contribution in [0.25, 0.3) is 22.3 Å². The molecule has 0 amide bonds. The molecule has 4 atom stereocenters. The summed E-state index contributed by atoms with van der Waals surface area (Å²) in [5.74, 6) is 5.28. The zero-order valence-corrected chi connectivity index (χ0v) is 33.9. The Kier molecular flexibility index (Phi) is 7.01. The first kappa shape index (κ1) is 34.0. The number of nitrogens with zero attached hydrogens (tertiary/aromatic N) is 1. The molecule has 6 aliphatic rings. The van der Waals surface area contributed by atoms with Gasteiger partial charge in [-0.05, 0) is 155 Å². The quantitative estimate of drug-likeness (QED) is 0.174. The van der Waals surface area contributed by atoms with Gasteiger partial charge in [0.2, 0.25) is 0 Å². The topological polar surface area (TPSA) is 12.5 Å². The molecule has 5 aliphatic carbocycles. The lowest BCUT2D eigenvalue weighted by Crippen LogP contribution is -2.64. The van der Waals surface area contributed by atoms with Crippen LogP contribution in [0.4, 0.5) is 17.1 Å². The van der Waals surface area contributed by atoms with Crippen molar-refractivity contribution in [2.24, 2.45) is 29.1 Å². The smallest absolute Gasteiger partial charge is 0.131 e. The molecule has 4 unspecified atom stereocenters. The van der Waals surface area contributed by atoms with Crippen molar-refractivity contribution >= 4 is 17.1 Å². The summed E-state index contributed by atoms with van der Waals surface area (Å²) in [5.41, 5.74) is 15.3. The first-order chi connectivity index (χ1) is 27.7. The fraction of sp³-hybridized carbons (Fsp3) is 0.345. The van der Waals surface area contributed by atoms with E-state index in [1.54, 1.807) is 0 Å². The van der Waals surface area contributed by atoms with E-state index in [0.29, 0.717) is 17.3 Å². The molecule has 4 fully saturated rings. The van der Waals surface area contributed by atoms with E-state index in [-0.39, 0.29) is 16.2 Å². The molecule has 1 aliphatic heterocycles. The van der Waals surface area contributed by atoms with Gasteiger partial charge < -0.3 is 9.64 Å². The molecule has 4 saturated carbocycles. The summed E-state index contributed by atoms with van der Waals surface area (Å²) in [5, 5.41) is 0. The van der Waals surface area contributed by atoms with E-state index >= 15 is 0 Å². The molecule has 0 N–H and O–H groups in total. The van der Waals surface area contributed by atoms with E-state index in [2.05, 4.69) is 172 Å². The standard InChI is InChI=1S/C55H53NO/c1-52(2)26-27-53(3,4)45-31-39(20-24-43(45)52)42-14-8-10-16-47(42)56(40-21-18-38(19-22-40)37-12-6-5-7-13-37)41-23-25-49-46(32-41)55(44-15-9-11-17-48(44)57-49)50-29-35-28-36-30-51(55)54(50,33-35)34-36/h5-25,31-32,35-36,50-51H,26-30,33-34H2,1-4H3. The van der Waals surface area contributed by atoms with Gasteiger partial charge in [-0.1, -0.05) is 125 Å². The first-order valence-corrected chi connectivity index (χ1v) is 21.8. The van der Waals surface area contributed by atoms with Crippen molar-refractivity contribution in [1.82, 2.24) is 0 Å². The van der Waals surface area contributed by atoms with Crippen molar-refractivity contribution < 1.29 is 4.74 Å². The molecule has 0 saturated heterocycles. The number of para-hydroxylation sites is 2. The van der Waals surface area contributed by atoms with Gasteiger partial charge in [0.1, 0.15) is 11.5 Å². The number of hydrogen-bond donors (Lipinski definition) is 0. The number of ether oxygens (including phenoxy) is 1. The van der Waals surface area contributed by atoms with Gasteiger partial charge in [-0.3, -0.25) is 0 Å². The average molecular weight is 744 g/mol. The van der Waals surface area contributed by atoms with E-state index in [1.165, 1.54) is 107 Å². The summed E-state index contributed by atoms with van der Waals surface area (Å²) < 4.78 is 6.92. The average Bonchev–Trinajstić information content (AvgIpc) is 3.63. The summed E-state index contributed by atoms with van der Waals surface area (Å²) in [6.45, 7) is 9.72. The number of benzene rings is 6. The second-order valence-corrected chi connectivity index (χ2v) is 20.1. The second-order valence-electron chi connectivity index (χ2n) is 20.1. The van der Waals surface area contributed by atoms with Crippen molar-refractivity contribution in [3.63, 3.8) is 0 Å². The minimum atomic E-state index is 0.00331. The maximum Gasteiger partial charge on any atom is 0.131 e. The molecular formula is C55H53NO. The molecule has 1 heterocycles. The van der Waals surface area contributed by atoms with Gasteiger partial charge in [0.05, 0.1) is 5.69 Å². The van der Waals surface area contributed by atoms with E-state index in [0.717, 1.165) is 23.3 Å². The molecular weight excluding hydrogens is 691 g/mol. The lowest BCUT2D eigenvalue weighted by molar-refractivity contribution is -0.0882. The van der Waals surface area contributed by atoms with Crippen molar-refractivity contribution in [3.05, 3.63) is 162 Å². The van der Waals surface area contributed by atoms with Gasteiger partial charge in [-0.15, -0.1) is 0 Å². The first-order valence-electron chi connectivity index (χ1n) is 21.8. The van der Waals surface area contributed by atoms with Crippen LogP contribution in [0, 0.1) is 29.1 Å². The third-order valence-corrected chi connectivity index (χ3v) is 16.4. The van der Waals surface area contributed by atoms with Crippen LogP contribution < -0.4 is 9.64 Å². The van der Waals surface area contributed by atoms with E-state index in [9.17, 15) is 0 Å². The highest BCUT2D eigenvalue weighted by Crippen LogP contribution is 2.85. The zero-order chi connectivity index (χ0) is 38.3. The van der Waals surface area contributed by atoms with Gasteiger partial charge >= 0.3 is 0 Å². The SMILES string of the molecule is CC1(C)CCC(C)(C)c2cc(-c3ccccc3N(c3ccc(-c4ccccc4)cc3)c3ccc4c(c3)C3(c5ccccc5O4)C4CC5CC6CC3C4(C5)C6)ccc21. The third-order valence-electron chi connectivity index (χ3n) is 16.4. The molecule has 57 heavy (non-hydrogen) atoms. The zero-order valence-electron chi connectivity index (χ0n) is 33.9. The Morgan fingerprint density at radius 1 is 0.491 bits per heavy atom. The number of anilines is 3. The molecule has 6 aromatic rings. The molecule has 0 radical (unpaired) electrons. The largest absolute Gasteiger partial charge is 0.457 e. The molecule has 284 valence electrons. The second kappa shape index (κ2) is 11.8. The number of rotatable bonds is 5. The summed E-state index contributed by atoms with van der Waals surface area (Å²) in [4.78, 5) is 2.54. The fourth-order valence-electron chi connectivity index (χ4n) is 14.0. The molecule has 2 spiro atoms. The molecule has 2 heteroatoms. The van der Waals surface area contributed by atoms with Crippen LogP contribution in [0.5, 0.6) is 11.5 Å². The lowest BCUT2D eigenvalue weighted by Gasteiger charge is -2.66. The fourth-order valence-corrected chi connectivity index (χ4v) is 14.0. The van der Waals surface area contributed by atoms with Gasteiger partial charge in [0.25, 0.3) is 0 Å². The Hall–Kier alpha value is -5.08. The summed E-state index contributed by atoms with van der Waals surface area (Å²) in [7, 11) is 0. The monoisotopic (exact) mass is 743 g/mol. The van der Waals surface area contributed by atoms with E-state index < -0.39 is 0 Å². The minimum absolute atomic E-state index is 0.00331. The summed E-state index contributed by atoms with van der Waals surface area (Å²) in [6.07, 6.45) is 9.49. The Bertz CT molecular complexity index is 2550. The molecule has 2 nitrogen and oxygen atoms in total.